The molecule has 4 aromatic rings. The normalized spacial score (nSPS) is 10.2. The van der Waals surface area contributed by atoms with Crippen LogP contribution in [-0.4, -0.2) is 24.9 Å². The van der Waals surface area contributed by atoms with Crippen molar-refractivity contribution < 1.29 is 4.39 Å². The molecule has 0 radical (unpaired) electrons. The van der Waals surface area contributed by atoms with Crippen molar-refractivity contribution in [1.29, 1.82) is 0 Å². The second-order valence-corrected chi connectivity index (χ2v) is 5.74. The van der Waals surface area contributed by atoms with Crippen LogP contribution < -0.4 is 5.73 Å². The fraction of sp³-hybridized carbons (Fsp3) is 0. The Morgan fingerprint density at radius 1 is 0.786 bits per heavy atom. The molecule has 0 bridgehead atoms. The molecule has 2 N–H and O–H groups in total. The molecular formula is C21H13FN6. The smallest absolute Gasteiger partial charge is 0.158 e. The van der Waals surface area contributed by atoms with Crippen molar-refractivity contribution in [2.45, 2.75) is 0 Å². The number of nitrogens with zero attached hydrogens (tertiary/aromatic N) is 5. The lowest BCUT2D eigenvalue weighted by Crippen LogP contribution is -2.04. The van der Waals surface area contributed by atoms with Crippen LogP contribution in [0.2, 0.25) is 0 Å². The molecule has 0 aliphatic rings. The maximum absolute atomic E-state index is 14.4. The van der Waals surface area contributed by atoms with Crippen LogP contribution in [0.1, 0.15) is 11.3 Å². The van der Waals surface area contributed by atoms with Gasteiger partial charge in [0.15, 0.2) is 17.3 Å². The molecule has 0 saturated heterocycles. The third-order valence-electron chi connectivity index (χ3n) is 3.87. The summed E-state index contributed by atoms with van der Waals surface area (Å²) < 4.78 is 14.4. The highest BCUT2D eigenvalue weighted by molar-refractivity contribution is 5.79. The summed E-state index contributed by atoms with van der Waals surface area (Å²) in [6.07, 6.45) is 9.16. The van der Waals surface area contributed by atoms with Gasteiger partial charge in [0, 0.05) is 47.7 Å². The predicted molar refractivity (Wildman–Crippen MR) is 103 cm³/mol. The molecule has 0 fully saturated rings. The lowest BCUT2D eigenvalue weighted by molar-refractivity contribution is 0.624. The maximum Gasteiger partial charge on any atom is 0.158 e. The summed E-state index contributed by atoms with van der Waals surface area (Å²) in [6.45, 7) is 0. The fourth-order valence-corrected chi connectivity index (χ4v) is 2.57. The summed E-state index contributed by atoms with van der Waals surface area (Å²) >= 11 is 0. The quantitative estimate of drug-likeness (QED) is 0.547. The third kappa shape index (κ3) is 3.52. The average Bonchev–Trinajstić information content (AvgIpc) is 2.74. The van der Waals surface area contributed by atoms with Gasteiger partial charge in [-0.3, -0.25) is 15.0 Å². The number of pyridine rings is 3. The predicted octanol–water partition coefficient (Wildman–Crippen LogP) is 3.12. The van der Waals surface area contributed by atoms with Gasteiger partial charge in [-0.15, -0.1) is 0 Å². The first kappa shape index (κ1) is 17.2. The van der Waals surface area contributed by atoms with Crippen LogP contribution in [0.5, 0.6) is 0 Å². The van der Waals surface area contributed by atoms with E-state index in [1.54, 1.807) is 43.0 Å². The minimum atomic E-state index is -0.516. The number of hydrogen-bond acceptors (Lipinski definition) is 6. The van der Waals surface area contributed by atoms with Crippen molar-refractivity contribution in [3.05, 3.63) is 84.6 Å². The average molecular weight is 368 g/mol. The highest BCUT2D eigenvalue weighted by Gasteiger charge is 2.17. The maximum atomic E-state index is 14.4. The molecule has 4 aromatic heterocycles. The molecule has 4 heterocycles. The van der Waals surface area contributed by atoms with Crippen molar-refractivity contribution in [2.24, 2.45) is 0 Å². The number of hydrogen-bond donors (Lipinski definition) is 1. The van der Waals surface area contributed by atoms with Gasteiger partial charge in [-0.05, 0) is 36.3 Å². The molecule has 0 aliphatic heterocycles. The zero-order valence-electron chi connectivity index (χ0n) is 14.5. The van der Waals surface area contributed by atoms with Gasteiger partial charge in [0.25, 0.3) is 0 Å². The van der Waals surface area contributed by atoms with E-state index >= 15 is 0 Å². The van der Waals surface area contributed by atoms with E-state index in [1.165, 1.54) is 12.3 Å². The topological polar surface area (TPSA) is 90.5 Å². The van der Waals surface area contributed by atoms with Crippen LogP contribution in [0.25, 0.3) is 22.5 Å². The molecule has 0 unspecified atom stereocenters. The minimum Gasteiger partial charge on any atom is -0.381 e. The standard InChI is InChI=1S/C21H13FN6/c22-17-13-26-10-7-16(17)20-19(15-4-2-9-25-12-15)28-21(23)18(27-20)6-5-14-3-1-8-24-11-14/h1-4,7-13H,(H2,23,28). The molecule has 0 spiro atoms. The number of halogens is 1. The van der Waals surface area contributed by atoms with Crippen molar-refractivity contribution in [3.8, 4) is 34.4 Å². The van der Waals surface area contributed by atoms with Crippen LogP contribution >= 0.6 is 0 Å². The fourth-order valence-electron chi connectivity index (χ4n) is 2.57. The number of nitrogens with two attached hydrogens (primary N) is 1. The Hall–Kier alpha value is -4.18. The monoisotopic (exact) mass is 368 g/mol. The van der Waals surface area contributed by atoms with E-state index in [-0.39, 0.29) is 17.1 Å². The Balaban J connectivity index is 1.91. The summed E-state index contributed by atoms with van der Waals surface area (Å²) in [6, 6.07) is 8.70. The first-order chi connectivity index (χ1) is 13.7. The summed E-state index contributed by atoms with van der Waals surface area (Å²) in [4.78, 5) is 20.9. The van der Waals surface area contributed by atoms with Gasteiger partial charge in [0.2, 0.25) is 0 Å². The summed E-state index contributed by atoms with van der Waals surface area (Å²) in [5.74, 6) is 5.47. The van der Waals surface area contributed by atoms with Gasteiger partial charge >= 0.3 is 0 Å². The summed E-state index contributed by atoms with van der Waals surface area (Å²) in [5.41, 5.74) is 8.71. The van der Waals surface area contributed by atoms with Crippen LogP contribution in [0.4, 0.5) is 10.2 Å². The minimum absolute atomic E-state index is 0.147. The van der Waals surface area contributed by atoms with E-state index in [0.29, 0.717) is 22.5 Å². The lowest BCUT2D eigenvalue weighted by atomic mass is 10.1. The molecule has 0 aliphatic carbocycles. The molecule has 7 heteroatoms. The van der Waals surface area contributed by atoms with Crippen molar-refractivity contribution in [1.82, 2.24) is 24.9 Å². The molecule has 0 atom stereocenters. The van der Waals surface area contributed by atoms with E-state index in [9.17, 15) is 4.39 Å². The van der Waals surface area contributed by atoms with Crippen LogP contribution in [0.15, 0.2) is 67.5 Å². The zero-order chi connectivity index (χ0) is 19.3. The van der Waals surface area contributed by atoms with E-state index in [4.69, 9.17) is 5.73 Å². The Morgan fingerprint density at radius 2 is 1.57 bits per heavy atom. The second kappa shape index (κ2) is 7.60. The van der Waals surface area contributed by atoms with E-state index in [0.717, 1.165) is 6.20 Å². The van der Waals surface area contributed by atoms with E-state index in [1.807, 2.05) is 6.07 Å². The third-order valence-corrected chi connectivity index (χ3v) is 3.87. The molecular weight excluding hydrogens is 355 g/mol. The first-order valence-corrected chi connectivity index (χ1v) is 8.32. The Labute approximate surface area is 160 Å². The van der Waals surface area contributed by atoms with Gasteiger partial charge in [-0.1, -0.05) is 5.92 Å². The van der Waals surface area contributed by atoms with Crippen molar-refractivity contribution in [3.63, 3.8) is 0 Å². The van der Waals surface area contributed by atoms with Gasteiger partial charge in [0.1, 0.15) is 11.4 Å². The lowest BCUT2D eigenvalue weighted by Gasteiger charge is -2.11. The zero-order valence-corrected chi connectivity index (χ0v) is 14.5. The summed E-state index contributed by atoms with van der Waals surface area (Å²) in [5, 5.41) is 0. The Bertz CT molecular complexity index is 1180. The Kier molecular flexibility index (Phi) is 4.68. The van der Waals surface area contributed by atoms with Gasteiger partial charge < -0.3 is 5.73 Å². The molecule has 0 aromatic carbocycles. The largest absolute Gasteiger partial charge is 0.381 e. The van der Waals surface area contributed by atoms with Crippen molar-refractivity contribution in [2.75, 3.05) is 5.73 Å². The van der Waals surface area contributed by atoms with Crippen LogP contribution in [0.3, 0.4) is 0 Å². The highest BCUT2D eigenvalue weighted by atomic mass is 19.1. The number of rotatable bonds is 2. The van der Waals surface area contributed by atoms with Gasteiger partial charge in [-0.25, -0.2) is 14.4 Å². The second-order valence-electron chi connectivity index (χ2n) is 5.74. The number of aromatic nitrogens is 5. The van der Waals surface area contributed by atoms with E-state index < -0.39 is 5.82 Å². The first-order valence-electron chi connectivity index (χ1n) is 8.32. The SMILES string of the molecule is Nc1nc(-c2cccnc2)c(-c2ccncc2F)nc1C#Cc1cccnc1. The van der Waals surface area contributed by atoms with Gasteiger partial charge in [0.05, 0.1) is 6.20 Å². The van der Waals surface area contributed by atoms with Gasteiger partial charge in [-0.2, -0.15) is 0 Å². The molecule has 28 heavy (non-hydrogen) atoms. The summed E-state index contributed by atoms with van der Waals surface area (Å²) in [7, 11) is 0. The molecule has 134 valence electrons. The Morgan fingerprint density at radius 3 is 2.29 bits per heavy atom. The van der Waals surface area contributed by atoms with Crippen molar-refractivity contribution >= 4 is 5.82 Å². The molecule has 4 rings (SSSR count). The number of nitrogen functional groups attached to an aromatic ring is 1. The van der Waals surface area contributed by atoms with Crippen LogP contribution in [-0.2, 0) is 0 Å². The molecule has 0 amide bonds. The highest BCUT2D eigenvalue weighted by Crippen LogP contribution is 2.31. The van der Waals surface area contributed by atoms with Crippen LogP contribution in [0, 0.1) is 17.7 Å². The number of anilines is 1. The van der Waals surface area contributed by atoms with E-state index in [2.05, 4.69) is 36.8 Å². The molecule has 6 nitrogen and oxygen atoms in total. The molecule has 0 saturated carbocycles.